The zero-order valence-corrected chi connectivity index (χ0v) is 13.9. The van der Waals surface area contributed by atoms with Gasteiger partial charge in [0, 0.05) is 16.5 Å². The number of aryl methyl sites for hydroxylation is 1. The summed E-state index contributed by atoms with van der Waals surface area (Å²) >= 11 is 1.55. The number of rotatable bonds is 3. The fourth-order valence-corrected chi connectivity index (χ4v) is 3.37. The Hall–Kier alpha value is -2.92. The molecule has 0 unspecified atom stereocenters. The van der Waals surface area contributed by atoms with Crippen molar-refractivity contribution in [3.63, 3.8) is 0 Å². The molecule has 0 amide bonds. The first-order chi connectivity index (χ1) is 11.7. The highest BCUT2D eigenvalue weighted by atomic mass is 32.1. The normalized spacial score (nSPS) is 10.9. The topological polar surface area (TPSA) is 50.9 Å². The molecule has 2 aromatic carbocycles. The first kappa shape index (κ1) is 14.7. The lowest BCUT2D eigenvalue weighted by Crippen LogP contribution is -1.98. The lowest BCUT2D eigenvalue weighted by Gasteiger charge is -2.03. The second-order valence-corrected chi connectivity index (χ2v) is 6.32. The van der Waals surface area contributed by atoms with Crippen LogP contribution in [0.2, 0.25) is 0 Å². The molecule has 0 saturated carbocycles. The first-order valence-electron chi connectivity index (χ1n) is 7.59. The summed E-state index contributed by atoms with van der Waals surface area (Å²) < 4.78 is 1.84. The van der Waals surface area contributed by atoms with E-state index in [1.54, 1.807) is 23.5 Å². The van der Waals surface area contributed by atoms with E-state index in [4.69, 9.17) is 5.10 Å². The van der Waals surface area contributed by atoms with Gasteiger partial charge in [-0.2, -0.15) is 5.10 Å². The van der Waals surface area contributed by atoms with Crippen molar-refractivity contribution in [2.24, 2.45) is 0 Å². The maximum absolute atomic E-state index is 10.1. The molecule has 0 aliphatic carbocycles. The second kappa shape index (κ2) is 5.94. The molecule has 0 aliphatic rings. The first-order valence-corrected chi connectivity index (χ1v) is 8.47. The highest BCUT2D eigenvalue weighted by molar-refractivity contribution is 7.12. The third-order valence-corrected chi connectivity index (χ3v) is 4.68. The van der Waals surface area contributed by atoms with E-state index < -0.39 is 0 Å². The van der Waals surface area contributed by atoms with Gasteiger partial charge in [0.25, 0.3) is 0 Å². The van der Waals surface area contributed by atoms with Gasteiger partial charge in [0.15, 0.2) is 0 Å². The van der Waals surface area contributed by atoms with Gasteiger partial charge in [-0.15, -0.1) is 11.3 Å². The van der Waals surface area contributed by atoms with Crippen molar-refractivity contribution < 1.29 is 5.11 Å². The van der Waals surface area contributed by atoms with Gasteiger partial charge < -0.3 is 5.11 Å². The van der Waals surface area contributed by atoms with Crippen LogP contribution < -0.4 is 0 Å². The number of phenolic OH excluding ortho intramolecular Hbond substituents is 1. The largest absolute Gasteiger partial charge is 0.507 e. The van der Waals surface area contributed by atoms with Crippen LogP contribution in [0.3, 0.4) is 0 Å². The fourth-order valence-electron chi connectivity index (χ4n) is 2.60. The van der Waals surface area contributed by atoms with E-state index in [-0.39, 0.29) is 5.75 Å². The van der Waals surface area contributed by atoms with Gasteiger partial charge in [-0.25, -0.2) is 9.67 Å². The molecule has 1 N–H and O–H groups in total. The molecule has 5 heteroatoms. The highest BCUT2D eigenvalue weighted by Gasteiger charge is 2.16. The second-order valence-electron chi connectivity index (χ2n) is 5.48. The van der Waals surface area contributed by atoms with Crippen LogP contribution in [0, 0.1) is 6.92 Å². The summed E-state index contributed by atoms with van der Waals surface area (Å²) in [5.41, 5.74) is 4.40. The molecular weight excluding hydrogens is 318 g/mol. The average molecular weight is 333 g/mol. The van der Waals surface area contributed by atoms with Crippen LogP contribution in [0.5, 0.6) is 5.75 Å². The van der Waals surface area contributed by atoms with Crippen molar-refractivity contribution in [1.29, 1.82) is 0 Å². The van der Waals surface area contributed by atoms with Gasteiger partial charge in [0.1, 0.15) is 5.75 Å². The molecule has 0 fully saturated rings. The fraction of sp³-hybridized carbons (Fsp3) is 0.0526. The van der Waals surface area contributed by atoms with Crippen molar-refractivity contribution in [2.45, 2.75) is 6.92 Å². The molecular formula is C19H15N3OS. The Morgan fingerprint density at radius 1 is 1.00 bits per heavy atom. The molecule has 0 bridgehead atoms. The van der Waals surface area contributed by atoms with E-state index in [1.807, 2.05) is 65.5 Å². The van der Waals surface area contributed by atoms with Crippen molar-refractivity contribution in [1.82, 2.24) is 14.8 Å². The Balaban J connectivity index is 1.93. The Bertz CT molecular complexity index is 989. The van der Waals surface area contributed by atoms with Crippen LogP contribution in [0.25, 0.3) is 27.6 Å². The number of aromatic hydroxyl groups is 1. The van der Waals surface area contributed by atoms with E-state index in [0.29, 0.717) is 5.56 Å². The number of hydrogen-bond acceptors (Lipinski definition) is 4. The number of thiazole rings is 1. The van der Waals surface area contributed by atoms with Crippen LogP contribution in [-0.2, 0) is 0 Å². The smallest absolute Gasteiger partial charge is 0.211 e. The van der Waals surface area contributed by atoms with Crippen LogP contribution in [0.4, 0.5) is 0 Å². The van der Waals surface area contributed by atoms with Gasteiger partial charge in [0.2, 0.25) is 5.13 Å². The Morgan fingerprint density at radius 2 is 1.75 bits per heavy atom. The SMILES string of the molecule is Cc1csc(-n2nc(-c3ccccc3O)cc2-c2ccccc2)n1. The van der Waals surface area contributed by atoms with Crippen molar-refractivity contribution in [2.75, 3.05) is 0 Å². The predicted octanol–water partition coefficient (Wildman–Crippen LogP) is 4.68. The summed E-state index contributed by atoms with van der Waals surface area (Å²) in [5.74, 6) is 0.220. The minimum Gasteiger partial charge on any atom is -0.507 e. The number of aromatic nitrogens is 3. The number of hydrogen-bond donors (Lipinski definition) is 1. The van der Waals surface area contributed by atoms with E-state index in [2.05, 4.69) is 4.98 Å². The summed E-state index contributed by atoms with van der Waals surface area (Å²) in [6, 6.07) is 19.3. The van der Waals surface area contributed by atoms with Crippen LogP contribution in [-0.4, -0.2) is 19.9 Å². The Kier molecular flexibility index (Phi) is 3.63. The number of nitrogens with zero attached hydrogens (tertiary/aromatic N) is 3. The molecule has 0 saturated heterocycles. The maximum atomic E-state index is 10.1. The van der Waals surface area contributed by atoms with Gasteiger partial charge in [0.05, 0.1) is 17.1 Å². The molecule has 0 aliphatic heterocycles. The maximum Gasteiger partial charge on any atom is 0.211 e. The molecule has 118 valence electrons. The van der Waals surface area contributed by atoms with E-state index in [9.17, 15) is 5.11 Å². The molecule has 4 rings (SSSR count). The van der Waals surface area contributed by atoms with Crippen LogP contribution in [0.1, 0.15) is 5.69 Å². The van der Waals surface area contributed by atoms with Crippen molar-refractivity contribution >= 4 is 11.3 Å². The lowest BCUT2D eigenvalue weighted by atomic mass is 10.1. The van der Waals surface area contributed by atoms with Gasteiger partial charge in [-0.05, 0) is 25.1 Å². The molecule has 4 nitrogen and oxygen atoms in total. The Labute approximate surface area is 143 Å². The minimum atomic E-state index is 0.220. The number of para-hydroxylation sites is 1. The van der Waals surface area contributed by atoms with Crippen LogP contribution >= 0.6 is 11.3 Å². The monoisotopic (exact) mass is 333 g/mol. The lowest BCUT2D eigenvalue weighted by molar-refractivity contribution is 0.477. The molecule has 0 radical (unpaired) electrons. The van der Waals surface area contributed by atoms with Gasteiger partial charge in [-0.1, -0.05) is 42.5 Å². The van der Waals surface area contributed by atoms with Gasteiger partial charge in [-0.3, -0.25) is 0 Å². The standard InChI is InChI=1S/C19H15N3OS/c1-13-12-24-19(20-13)22-17(14-7-3-2-4-8-14)11-16(21-22)15-9-5-6-10-18(15)23/h2-12,23H,1H3. The molecule has 2 aromatic heterocycles. The van der Waals surface area contributed by atoms with E-state index in [1.165, 1.54) is 0 Å². The minimum absolute atomic E-state index is 0.220. The van der Waals surface area contributed by atoms with Crippen molar-refractivity contribution in [3.8, 4) is 33.4 Å². The molecule has 4 aromatic rings. The molecule has 24 heavy (non-hydrogen) atoms. The molecule has 0 atom stereocenters. The highest BCUT2D eigenvalue weighted by Crippen LogP contribution is 2.33. The zero-order valence-electron chi connectivity index (χ0n) is 13.0. The number of phenols is 1. The average Bonchev–Trinajstić information content (AvgIpc) is 3.22. The number of benzene rings is 2. The third-order valence-electron chi connectivity index (χ3n) is 3.75. The zero-order chi connectivity index (χ0) is 16.5. The third kappa shape index (κ3) is 2.59. The van der Waals surface area contributed by atoms with Crippen molar-refractivity contribution in [3.05, 3.63) is 71.7 Å². The Morgan fingerprint density at radius 3 is 2.46 bits per heavy atom. The molecule has 0 spiro atoms. The van der Waals surface area contributed by atoms with Gasteiger partial charge >= 0.3 is 0 Å². The summed E-state index contributed by atoms with van der Waals surface area (Å²) in [4.78, 5) is 4.55. The summed E-state index contributed by atoms with van der Waals surface area (Å²) in [6.45, 7) is 1.97. The van der Waals surface area contributed by atoms with E-state index >= 15 is 0 Å². The van der Waals surface area contributed by atoms with E-state index in [0.717, 1.165) is 27.8 Å². The molecule has 2 heterocycles. The predicted molar refractivity (Wildman–Crippen MR) is 96.5 cm³/mol. The van der Waals surface area contributed by atoms with Crippen LogP contribution in [0.15, 0.2) is 66.0 Å². The quantitative estimate of drug-likeness (QED) is 0.592. The summed E-state index contributed by atoms with van der Waals surface area (Å²) in [5, 5.41) is 17.7. The summed E-state index contributed by atoms with van der Waals surface area (Å²) in [7, 11) is 0. The summed E-state index contributed by atoms with van der Waals surface area (Å²) in [6.07, 6.45) is 0.